The minimum absolute atomic E-state index is 0.104. The van der Waals surface area contributed by atoms with Crippen molar-refractivity contribution in [3.63, 3.8) is 0 Å². The van der Waals surface area contributed by atoms with Gasteiger partial charge in [-0.2, -0.15) is 0 Å². The molecule has 1 aromatic carbocycles. The Morgan fingerprint density at radius 3 is 2.63 bits per heavy atom. The van der Waals surface area contributed by atoms with Crippen molar-refractivity contribution in [3.05, 3.63) is 36.1 Å². The Labute approximate surface area is 158 Å². The van der Waals surface area contributed by atoms with Crippen LogP contribution < -0.4 is 15.4 Å². The molecule has 0 spiro atoms. The molecule has 0 bridgehead atoms. The summed E-state index contributed by atoms with van der Waals surface area (Å²) in [4.78, 5) is 26.5. The Morgan fingerprint density at radius 1 is 1.26 bits per heavy atom. The molecule has 0 radical (unpaired) electrons. The summed E-state index contributed by atoms with van der Waals surface area (Å²) in [5.74, 6) is 1.34. The summed E-state index contributed by atoms with van der Waals surface area (Å²) in [5.41, 5.74) is 0.561. The van der Waals surface area contributed by atoms with Crippen LogP contribution in [0.2, 0.25) is 0 Å². The van der Waals surface area contributed by atoms with Crippen molar-refractivity contribution in [2.75, 3.05) is 30.3 Å². The van der Waals surface area contributed by atoms with Gasteiger partial charge in [0.1, 0.15) is 18.1 Å². The lowest BCUT2D eigenvalue weighted by Crippen LogP contribution is -2.42. The summed E-state index contributed by atoms with van der Waals surface area (Å²) < 4.78 is 10.5. The minimum atomic E-state index is -0.373. The number of aromatic nitrogens is 1. The number of aryl methyl sites for hydroxylation is 1. The molecule has 1 aromatic heterocycles. The van der Waals surface area contributed by atoms with Crippen LogP contribution in [-0.4, -0.2) is 41.7 Å². The van der Waals surface area contributed by atoms with Gasteiger partial charge in [-0.1, -0.05) is 31.1 Å². The van der Waals surface area contributed by atoms with Gasteiger partial charge in [0.2, 0.25) is 5.91 Å². The highest BCUT2D eigenvalue weighted by atomic mass is 16.5. The summed E-state index contributed by atoms with van der Waals surface area (Å²) in [7, 11) is 0. The normalized spacial score (nSPS) is 10.6. The molecule has 2 aromatic rings. The highest BCUT2D eigenvalue weighted by molar-refractivity contribution is 5.97. The van der Waals surface area contributed by atoms with Crippen molar-refractivity contribution in [2.45, 2.75) is 27.7 Å². The van der Waals surface area contributed by atoms with E-state index in [1.165, 1.54) is 4.90 Å². The number of hydrogen-bond acceptors (Lipinski definition) is 5. The van der Waals surface area contributed by atoms with Crippen molar-refractivity contribution in [2.24, 2.45) is 5.92 Å². The van der Waals surface area contributed by atoms with E-state index >= 15 is 0 Å². The molecule has 0 aliphatic rings. The quantitative estimate of drug-likeness (QED) is 0.737. The summed E-state index contributed by atoms with van der Waals surface area (Å²) in [6.45, 7) is 8.37. The molecular formula is C19H26N4O4. The van der Waals surface area contributed by atoms with E-state index in [4.69, 9.17) is 9.26 Å². The fraction of sp³-hybridized carbons (Fsp3) is 0.421. The van der Waals surface area contributed by atoms with E-state index in [2.05, 4.69) is 15.8 Å². The SMILES string of the molecule is CCOc1ccccc1NC(=O)N(CC(=O)Nc1cc(C)on1)CC(C)C. The zero-order valence-electron chi connectivity index (χ0n) is 16.1. The second kappa shape index (κ2) is 9.61. The first-order valence-electron chi connectivity index (χ1n) is 8.90. The largest absolute Gasteiger partial charge is 0.492 e. The molecule has 146 valence electrons. The summed E-state index contributed by atoms with van der Waals surface area (Å²) in [6.07, 6.45) is 0. The smallest absolute Gasteiger partial charge is 0.322 e. The second-order valence-electron chi connectivity index (χ2n) is 6.50. The van der Waals surface area contributed by atoms with E-state index in [1.54, 1.807) is 25.1 Å². The lowest BCUT2D eigenvalue weighted by molar-refractivity contribution is -0.116. The number of amides is 3. The first-order chi connectivity index (χ1) is 12.9. The maximum Gasteiger partial charge on any atom is 0.322 e. The maximum absolute atomic E-state index is 12.7. The molecule has 2 rings (SSSR count). The predicted molar refractivity (Wildman–Crippen MR) is 103 cm³/mol. The predicted octanol–water partition coefficient (Wildman–Crippen LogP) is 3.51. The monoisotopic (exact) mass is 374 g/mol. The lowest BCUT2D eigenvalue weighted by Gasteiger charge is -2.24. The highest BCUT2D eigenvalue weighted by Gasteiger charge is 2.20. The molecule has 0 atom stereocenters. The first-order valence-corrected chi connectivity index (χ1v) is 8.90. The molecule has 0 saturated carbocycles. The molecule has 0 aliphatic heterocycles. The Balaban J connectivity index is 2.06. The van der Waals surface area contributed by atoms with E-state index in [0.29, 0.717) is 36.2 Å². The lowest BCUT2D eigenvalue weighted by atomic mass is 10.2. The molecule has 1 heterocycles. The topological polar surface area (TPSA) is 96.7 Å². The molecule has 0 saturated heterocycles. The molecular weight excluding hydrogens is 348 g/mol. The van der Waals surface area contributed by atoms with E-state index in [-0.39, 0.29) is 24.4 Å². The van der Waals surface area contributed by atoms with Gasteiger partial charge in [-0.3, -0.25) is 4.79 Å². The number of carbonyl (C=O) groups is 2. The highest BCUT2D eigenvalue weighted by Crippen LogP contribution is 2.24. The molecule has 2 N–H and O–H groups in total. The third-order valence-electron chi connectivity index (χ3n) is 3.53. The van der Waals surface area contributed by atoms with E-state index in [9.17, 15) is 9.59 Å². The molecule has 8 nitrogen and oxygen atoms in total. The van der Waals surface area contributed by atoms with Crippen LogP contribution in [0, 0.1) is 12.8 Å². The fourth-order valence-electron chi connectivity index (χ4n) is 2.49. The maximum atomic E-state index is 12.7. The van der Waals surface area contributed by atoms with Crippen molar-refractivity contribution in [1.29, 1.82) is 0 Å². The average Bonchev–Trinajstić information content (AvgIpc) is 3.00. The fourth-order valence-corrected chi connectivity index (χ4v) is 2.49. The van der Waals surface area contributed by atoms with Crippen LogP contribution in [0.5, 0.6) is 5.75 Å². The number of urea groups is 1. The molecule has 0 unspecified atom stereocenters. The second-order valence-corrected chi connectivity index (χ2v) is 6.50. The number of nitrogens with one attached hydrogen (secondary N) is 2. The van der Waals surface area contributed by atoms with E-state index in [0.717, 1.165) is 0 Å². The number of hydrogen-bond donors (Lipinski definition) is 2. The van der Waals surface area contributed by atoms with Crippen molar-refractivity contribution >= 4 is 23.4 Å². The number of rotatable bonds is 8. The number of carbonyl (C=O) groups excluding carboxylic acids is 2. The van der Waals surface area contributed by atoms with Gasteiger partial charge in [0.25, 0.3) is 0 Å². The zero-order valence-corrected chi connectivity index (χ0v) is 16.1. The van der Waals surface area contributed by atoms with Crippen molar-refractivity contribution < 1.29 is 18.8 Å². The molecule has 8 heteroatoms. The van der Waals surface area contributed by atoms with Crippen LogP contribution in [0.1, 0.15) is 26.5 Å². The summed E-state index contributed by atoms with van der Waals surface area (Å²) in [6, 6.07) is 8.43. The van der Waals surface area contributed by atoms with Crippen LogP contribution >= 0.6 is 0 Å². The van der Waals surface area contributed by atoms with Crippen LogP contribution in [0.25, 0.3) is 0 Å². The minimum Gasteiger partial charge on any atom is -0.492 e. The summed E-state index contributed by atoms with van der Waals surface area (Å²) >= 11 is 0. The van der Waals surface area contributed by atoms with Gasteiger partial charge in [-0.25, -0.2) is 4.79 Å². The van der Waals surface area contributed by atoms with Crippen LogP contribution in [0.3, 0.4) is 0 Å². The van der Waals surface area contributed by atoms with Gasteiger partial charge in [-0.05, 0) is 31.9 Å². The Hall–Kier alpha value is -3.03. The standard InChI is InChI=1S/C19H26N4O4/c1-5-26-16-9-7-6-8-15(16)20-19(25)23(11-13(2)3)12-18(24)21-17-10-14(4)27-22-17/h6-10,13H,5,11-12H2,1-4H3,(H,20,25)(H,21,22,24). The molecule has 0 aliphatic carbocycles. The number of nitrogens with zero attached hydrogens (tertiary/aromatic N) is 2. The number of anilines is 2. The van der Waals surface area contributed by atoms with Crippen molar-refractivity contribution in [3.8, 4) is 5.75 Å². The Bertz CT molecular complexity index is 773. The van der Waals surface area contributed by atoms with Gasteiger partial charge in [0.05, 0.1) is 12.3 Å². The van der Waals surface area contributed by atoms with Gasteiger partial charge in [-0.15, -0.1) is 0 Å². The van der Waals surface area contributed by atoms with Crippen LogP contribution in [-0.2, 0) is 4.79 Å². The van der Waals surface area contributed by atoms with Crippen LogP contribution in [0.4, 0.5) is 16.3 Å². The number of benzene rings is 1. The average molecular weight is 374 g/mol. The Kier molecular flexibility index (Phi) is 7.22. The molecule has 3 amide bonds. The van der Waals surface area contributed by atoms with Gasteiger partial charge < -0.3 is 24.8 Å². The van der Waals surface area contributed by atoms with Gasteiger partial charge in [0.15, 0.2) is 5.82 Å². The van der Waals surface area contributed by atoms with Crippen LogP contribution in [0.15, 0.2) is 34.9 Å². The van der Waals surface area contributed by atoms with E-state index in [1.807, 2.05) is 32.9 Å². The molecule has 27 heavy (non-hydrogen) atoms. The summed E-state index contributed by atoms with van der Waals surface area (Å²) in [5, 5.41) is 9.17. The number of ether oxygens (including phenoxy) is 1. The number of para-hydroxylation sites is 2. The first kappa shape index (κ1) is 20.3. The van der Waals surface area contributed by atoms with Gasteiger partial charge in [0, 0.05) is 12.6 Å². The van der Waals surface area contributed by atoms with E-state index < -0.39 is 0 Å². The molecule has 0 fully saturated rings. The van der Waals surface area contributed by atoms with Gasteiger partial charge >= 0.3 is 6.03 Å². The third-order valence-corrected chi connectivity index (χ3v) is 3.53. The third kappa shape index (κ3) is 6.32. The Morgan fingerprint density at radius 2 is 2.00 bits per heavy atom. The van der Waals surface area contributed by atoms with Crippen molar-refractivity contribution in [1.82, 2.24) is 10.1 Å². The zero-order chi connectivity index (χ0) is 19.8.